The van der Waals surface area contributed by atoms with Crippen LogP contribution < -0.4 is 5.32 Å². The molecule has 3 N–H and O–H groups in total. The summed E-state index contributed by atoms with van der Waals surface area (Å²) in [6, 6.07) is -0.537. The van der Waals surface area contributed by atoms with Crippen LogP contribution in [0.5, 0.6) is 0 Å². The number of amides is 1. The van der Waals surface area contributed by atoms with Crippen molar-refractivity contribution in [2.24, 2.45) is 0 Å². The Labute approximate surface area is 444 Å². The van der Waals surface area contributed by atoms with Crippen molar-refractivity contribution >= 4 is 11.9 Å². The molecule has 2 atom stereocenters. The second-order valence-electron chi connectivity index (χ2n) is 22.5. The van der Waals surface area contributed by atoms with Gasteiger partial charge in [0.25, 0.3) is 0 Å². The van der Waals surface area contributed by atoms with Crippen LogP contribution >= 0.6 is 0 Å². The highest BCUT2D eigenvalue weighted by Crippen LogP contribution is 2.18. The van der Waals surface area contributed by atoms with Crippen LogP contribution in [-0.4, -0.2) is 47.4 Å². The average Bonchev–Trinajstić information content (AvgIpc) is 3.37. The van der Waals surface area contributed by atoms with Crippen LogP contribution in [0.3, 0.4) is 0 Å². The number of unbranched alkanes of at least 4 members (excludes halogenated alkanes) is 48. The van der Waals surface area contributed by atoms with Gasteiger partial charge < -0.3 is 20.3 Å². The number of allylic oxidation sites excluding steroid dienone is 2. The van der Waals surface area contributed by atoms with E-state index in [-0.39, 0.29) is 18.5 Å². The van der Waals surface area contributed by atoms with Crippen LogP contribution in [0.1, 0.15) is 367 Å². The fraction of sp³-hybridized carbons (Fsp3) is 0.938. The Morgan fingerprint density at radius 1 is 0.380 bits per heavy atom. The number of aliphatic hydroxyl groups is 2. The zero-order valence-corrected chi connectivity index (χ0v) is 48.2. The average molecular weight is 1000 g/mol. The number of ether oxygens (including phenoxy) is 1. The second kappa shape index (κ2) is 61.1. The number of hydrogen-bond donors (Lipinski definition) is 3. The summed E-state index contributed by atoms with van der Waals surface area (Å²) >= 11 is 0. The monoisotopic (exact) mass is 1000 g/mol. The Morgan fingerprint density at radius 2 is 0.662 bits per heavy atom. The molecule has 0 saturated heterocycles. The minimum atomic E-state index is -0.660. The van der Waals surface area contributed by atoms with Gasteiger partial charge in [-0.3, -0.25) is 9.59 Å². The number of nitrogens with one attached hydrogen (secondary N) is 1. The van der Waals surface area contributed by atoms with Crippen LogP contribution in [-0.2, 0) is 14.3 Å². The Morgan fingerprint density at radius 3 is 1.00 bits per heavy atom. The molecule has 0 radical (unpaired) electrons. The number of carbonyl (C=O) groups is 2. The number of carbonyl (C=O) groups excluding carboxylic acids is 2. The van der Waals surface area contributed by atoms with Crippen LogP contribution in [0.15, 0.2) is 12.2 Å². The first-order valence-corrected chi connectivity index (χ1v) is 32.4. The van der Waals surface area contributed by atoms with Crippen molar-refractivity contribution in [3.05, 3.63) is 12.2 Å². The van der Waals surface area contributed by atoms with Gasteiger partial charge >= 0.3 is 5.97 Å². The van der Waals surface area contributed by atoms with Gasteiger partial charge in [-0.1, -0.05) is 315 Å². The summed E-state index contributed by atoms with van der Waals surface area (Å²) in [5.74, 6) is -0.0201. The van der Waals surface area contributed by atoms with Crippen LogP contribution in [0.4, 0.5) is 0 Å². The maximum Gasteiger partial charge on any atom is 0.305 e. The molecule has 71 heavy (non-hydrogen) atoms. The molecule has 0 aliphatic heterocycles. The van der Waals surface area contributed by atoms with Crippen LogP contribution in [0.2, 0.25) is 0 Å². The van der Waals surface area contributed by atoms with Gasteiger partial charge in [0.05, 0.1) is 25.4 Å². The summed E-state index contributed by atoms with van der Waals surface area (Å²) in [7, 11) is 0. The first-order valence-electron chi connectivity index (χ1n) is 32.4. The minimum Gasteiger partial charge on any atom is -0.466 e. The fourth-order valence-electron chi connectivity index (χ4n) is 10.3. The quantitative estimate of drug-likeness (QED) is 0.0320. The lowest BCUT2D eigenvalue weighted by Crippen LogP contribution is -2.45. The summed E-state index contributed by atoms with van der Waals surface area (Å²) in [4.78, 5) is 24.5. The third-order valence-electron chi connectivity index (χ3n) is 15.3. The van der Waals surface area contributed by atoms with Crippen molar-refractivity contribution in [1.82, 2.24) is 5.32 Å². The standard InChI is InChI=1S/C65H127NO5/c1-3-5-7-9-11-13-15-17-31-35-39-43-47-51-55-59-65(70)71-60-56-52-48-44-40-36-33-30-28-26-24-22-20-18-19-21-23-25-27-29-32-34-38-42-46-50-54-58-64(69)66-62(61-67)63(68)57-53-49-45-41-37-16-14-12-10-8-6-4-2/h17,31,62-63,67-68H,3-16,18-30,32-61H2,1-2H3,(H,66,69)/b31-17-. The van der Waals surface area contributed by atoms with E-state index in [9.17, 15) is 19.8 Å². The third-order valence-corrected chi connectivity index (χ3v) is 15.3. The van der Waals surface area contributed by atoms with Gasteiger partial charge in [-0.25, -0.2) is 0 Å². The smallest absolute Gasteiger partial charge is 0.305 e. The zero-order chi connectivity index (χ0) is 51.4. The van der Waals surface area contributed by atoms with Gasteiger partial charge in [0.15, 0.2) is 0 Å². The molecule has 0 bridgehead atoms. The molecule has 6 nitrogen and oxygen atoms in total. The molecule has 0 rings (SSSR count). The number of esters is 1. The predicted octanol–water partition coefficient (Wildman–Crippen LogP) is 20.4. The number of aliphatic hydroxyl groups excluding tert-OH is 2. The molecule has 6 heteroatoms. The third kappa shape index (κ3) is 57.7. The normalized spacial score (nSPS) is 12.6. The van der Waals surface area contributed by atoms with Gasteiger partial charge in [0.1, 0.15) is 0 Å². The van der Waals surface area contributed by atoms with Crippen LogP contribution in [0, 0.1) is 0 Å². The van der Waals surface area contributed by atoms with Crippen molar-refractivity contribution in [2.45, 2.75) is 379 Å². The second-order valence-corrected chi connectivity index (χ2v) is 22.5. The molecule has 0 saturated carbocycles. The maximum atomic E-state index is 12.5. The summed E-state index contributed by atoms with van der Waals surface area (Å²) < 4.78 is 5.49. The molecule has 0 spiro atoms. The van der Waals surface area contributed by atoms with E-state index in [0.29, 0.717) is 25.9 Å². The van der Waals surface area contributed by atoms with Crippen molar-refractivity contribution < 1.29 is 24.5 Å². The van der Waals surface area contributed by atoms with E-state index in [1.54, 1.807) is 0 Å². The molecular weight excluding hydrogens is 875 g/mol. The molecule has 0 fully saturated rings. The van der Waals surface area contributed by atoms with E-state index in [4.69, 9.17) is 4.74 Å². The van der Waals surface area contributed by atoms with Crippen molar-refractivity contribution in [1.29, 1.82) is 0 Å². The van der Waals surface area contributed by atoms with Crippen LogP contribution in [0.25, 0.3) is 0 Å². The summed E-state index contributed by atoms with van der Waals surface area (Å²) in [6.45, 7) is 4.97. The predicted molar refractivity (Wildman–Crippen MR) is 310 cm³/mol. The zero-order valence-electron chi connectivity index (χ0n) is 48.2. The first kappa shape index (κ1) is 69.6. The molecule has 0 aromatic heterocycles. The Hall–Kier alpha value is -1.40. The first-order chi connectivity index (χ1) is 35.0. The molecule has 0 aromatic carbocycles. The van der Waals surface area contributed by atoms with Gasteiger partial charge in [0, 0.05) is 12.8 Å². The van der Waals surface area contributed by atoms with Gasteiger partial charge in [-0.05, 0) is 51.4 Å². The highest BCUT2D eigenvalue weighted by atomic mass is 16.5. The lowest BCUT2D eigenvalue weighted by atomic mass is 10.0. The van der Waals surface area contributed by atoms with E-state index in [0.717, 1.165) is 44.9 Å². The Balaban J connectivity index is 3.32. The summed E-state index contributed by atoms with van der Waals surface area (Å²) in [5, 5.41) is 23.2. The Bertz CT molecular complexity index is 1060. The molecule has 0 heterocycles. The topological polar surface area (TPSA) is 95.9 Å². The van der Waals surface area contributed by atoms with Gasteiger partial charge in [-0.15, -0.1) is 0 Å². The highest BCUT2D eigenvalue weighted by molar-refractivity contribution is 5.76. The summed E-state index contributed by atoms with van der Waals surface area (Å²) in [5.41, 5.74) is 0. The minimum absolute atomic E-state index is 0.0108. The maximum absolute atomic E-state index is 12.5. The lowest BCUT2D eigenvalue weighted by molar-refractivity contribution is -0.143. The molecule has 0 aliphatic carbocycles. The fourth-order valence-corrected chi connectivity index (χ4v) is 10.3. The molecule has 0 aliphatic rings. The van der Waals surface area contributed by atoms with Gasteiger partial charge in [-0.2, -0.15) is 0 Å². The molecule has 1 amide bonds. The molecular formula is C65H127NO5. The van der Waals surface area contributed by atoms with Gasteiger partial charge in [0.2, 0.25) is 5.91 Å². The Kier molecular flexibility index (Phi) is 59.9. The van der Waals surface area contributed by atoms with E-state index >= 15 is 0 Å². The van der Waals surface area contributed by atoms with E-state index < -0.39 is 12.1 Å². The summed E-state index contributed by atoms with van der Waals surface area (Å²) in [6.07, 6.45) is 73.8. The SMILES string of the molecule is CCCCCCCC/C=C\CCCCCCCC(=O)OCCCCCCCCCCCCCCCCCCCCCCCCCCCCCC(=O)NC(CO)C(O)CCCCCCCCCCCCCC. The van der Waals surface area contributed by atoms with E-state index in [1.807, 2.05) is 0 Å². The van der Waals surface area contributed by atoms with Crippen molar-refractivity contribution in [3.8, 4) is 0 Å². The van der Waals surface area contributed by atoms with E-state index in [1.165, 1.54) is 289 Å². The highest BCUT2D eigenvalue weighted by Gasteiger charge is 2.20. The molecule has 0 aromatic rings. The van der Waals surface area contributed by atoms with Crippen molar-refractivity contribution in [2.75, 3.05) is 13.2 Å². The molecule has 2 unspecified atom stereocenters. The van der Waals surface area contributed by atoms with E-state index in [2.05, 4.69) is 31.3 Å². The van der Waals surface area contributed by atoms with Crippen molar-refractivity contribution in [3.63, 3.8) is 0 Å². The number of rotatable bonds is 61. The molecule has 422 valence electrons. The largest absolute Gasteiger partial charge is 0.466 e. The lowest BCUT2D eigenvalue weighted by Gasteiger charge is -2.22. The number of hydrogen-bond acceptors (Lipinski definition) is 5.